The molecule has 0 bridgehead atoms. The number of carboxylic acids is 1. The smallest absolute Gasteiger partial charge is 0.323 e. The Morgan fingerprint density at radius 3 is 2.36 bits per heavy atom. The van der Waals surface area contributed by atoms with Gasteiger partial charge in [0.05, 0.1) is 0 Å². The Bertz CT molecular complexity index is 683. The summed E-state index contributed by atoms with van der Waals surface area (Å²) in [5.41, 5.74) is 13.4. The van der Waals surface area contributed by atoms with Crippen molar-refractivity contribution < 1.29 is 14.7 Å². The van der Waals surface area contributed by atoms with Crippen LogP contribution in [-0.4, -0.2) is 23.5 Å². The molecule has 0 aromatic heterocycles. The van der Waals surface area contributed by atoms with E-state index in [9.17, 15) is 9.59 Å². The van der Waals surface area contributed by atoms with Crippen molar-refractivity contribution in [3.8, 4) is 0 Å². The van der Waals surface area contributed by atoms with Crippen LogP contribution in [0, 0.1) is 0 Å². The first-order chi connectivity index (χ1) is 10.5. The molecule has 2 rings (SSSR count). The van der Waals surface area contributed by atoms with Gasteiger partial charge in [-0.2, -0.15) is 0 Å². The minimum atomic E-state index is -1.10. The van der Waals surface area contributed by atoms with Gasteiger partial charge in [0.25, 0.3) is 5.91 Å². The van der Waals surface area contributed by atoms with Crippen LogP contribution < -0.4 is 16.4 Å². The predicted octanol–water partition coefficient (Wildman–Crippen LogP) is 1.46. The summed E-state index contributed by atoms with van der Waals surface area (Å²) in [7, 11) is 0. The molecule has 22 heavy (non-hydrogen) atoms. The molecule has 114 valence electrons. The summed E-state index contributed by atoms with van der Waals surface area (Å²) < 4.78 is 0. The SMILES string of the molecule is NCc1cccc(C(=O)N(CC(=O)O)c2ccc(N)cc2)c1. The maximum absolute atomic E-state index is 12.6. The number of anilines is 2. The molecule has 0 spiro atoms. The van der Waals surface area contributed by atoms with E-state index in [-0.39, 0.29) is 0 Å². The van der Waals surface area contributed by atoms with E-state index in [4.69, 9.17) is 16.6 Å². The highest BCUT2D eigenvalue weighted by Crippen LogP contribution is 2.19. The number of hydrogen-bond donors (Lipinski definition) is 3. The molecule has 6 nitrogen and oxygen atoms in total. The molecular weight excluding hydrogens is 282 g/mol. The normalized spacial score (nSPS) is 10.2. The van der Waals surface area contributed by atoms with Crippen LogP contribution in [0.2, 0.25) is 0 Å². The number of nitrogens with zero attached hydrogens (tertiary/aromatic N) is 1. The third kappa shape index (κ3) is 3.62. The Hall–Kier alpha value is -2.86. The zero-order chi connectivity index (χ0) is 16.1. The molecular formula is C16H17N3O3. The maximum Gasteiger partial charge on any atom is 0.323 e. The third-order valence-electron chi connectivity index (χ3n) is 3.15. The van der Waals surface area contributed by atoms with Gasteiger partial charge in [-0.25, -0.2) is 0 Å². The first-order valence-corrected chi connectivity index (χ1v) is 6.69. The van der Waals surface area contributed by atoms with Crippen molar-refractivity contribution in [2.75, 3.05) is 17.2 Å². The van der Waals surface area contributed by atoms with Crippen molar-refractivity contribution in [3.63, 3.8) is 0 Å². The van der Waals surface area contributed by atoms with Crippen LogP contribution >= 0.6 is 0 Å². The molecule has 2 aromatic carbocycles. The Labute approximate surface area is 128 Å². The molecule has 0 aliphatic rings. The van der Waals surface area contributed by atoms with Gasteiger partial charge in [0, 0.05) is 23.5 Å². The van der Waals surface area contributed by atoms with Crippen LogP contribution in [0.4, 0.5) is 11.4 Å². The second-order valence-corrected chi connectivity index (χ2v) is 4.78. The minimum Gasteiger partial charge on any atom is -0.480 e. The lowest BCUT2D eigenvalue weighted by atomic mass is 10.1. The van der Waals surface area contributed by atoms with E-state index in [1.54, 1.807) is 42.5 Å². The largest absolute Gasteiger partial charge is 0.480 e. The molecule has 2 aromatic rings. The Kier molecular flexibility index (Phi) is 4.75. The van der Waals surface area contributed by atoms with E-state index in [1.165, 1.54) is 4.90 Å². The Morgan fingerprint density at radius 2 is 1.77 bits per heavy atom. The van der Waals surface area contributed by atoms with E-state index < -0.39 is 18.4 Å². The second kappa shape index (κ2) is 6.73. The summed E-state index contributed by atoms with van der Waals surface area (Å²) in [4.78, 5) is 24.9. The third-order valence-corrected chi connectivity index (χ3v) is 3.15. The first-order valence-electron chi connectivity index (χ1n) is 6.69. The highest BCUT2D eigenvalue weighted by atomic mass is 16.4. The molecule has 0 heterocycles. The van der Waals surface area contributed by atoms with Crippen molar-refractivity contribution in [1.29, 1.82) is 0 Å². The summed E-state index contributed by atoms with van der Waals surface area (Å²) in [6.45, 7) is -0.127. The van der Waals surface area contributed by atoms with Crippen molar-refractivity contribution >= 4 is 23.3 Å². The van der Waals surface area contributed by atoms with E-state index in [0.29, 0.717) is 23.5 Å². The molecule has 0 saturated heterocycles. The average Bonchev–Trinajstić information content (AvgIpc) is 2.53. The van der Waals surface area contributed by atoms with Crippen molar-refractivity contribution in [3.05, 3.63) is 59.7 Å². The maximum atomic E-state index is 12.6. The first kappa shape index (κ1) is 15.5. The summed E-state index contributed by atoms with van der Waals surface area (Å²) in [6, 6.07) is 13.3. The number of aliphatic carboxylic acids is 1. The Balaban J connectivity index is 2.37. The second-order valence-electron chi connectivity index (χ2n) is 4.78. The zero-order valence-corrected chi connectivity index (χ0v) is 11.9. The molecule has 0 saturated carbocycles. The lowest BCUT2D eigenvalue weighted by Crippen LogP contribution is -2.35. The Morgan fingerprint density at radius 1 is 1.09 bits per heavy atom. The number of carboxylic acid groups (broad SMARTS) is 1. The van der Waals surface area contributed by atoms with Gasteiger partial charge in [0.1, 0.15) is 6.54 Å². The van der Waals surface area contributed by atoms with E-state index >= 15 is 0 Å². The van der Waals surface area contributed by atoms with Crippen LogP contribution in [0.1, 0.15) is 15.9 Å². The average molecular weight is 299 g/mol. The summed E-state index contributed by atoms with van der Waals surface area (Å²) in [5, 5.41) is 9.06. The molecule has 0 radical (unpaired) electrons. The number of rotatable bonds is 5. The van der Waals surface area contributed by atoms with Gasteiger partial charge in [0.2, 0.25) is 0 Å². The van der Waals surface area contributed by atoms with Crippen LogP contribution in [0.3, 0.4) is 0 Å². The summed E-state index contributed by atoms with van der Waals surface area (Å²) in [5.74, 6) is -1.50. The summed E-state index contributed by atoms with van der Waals surface area (Å²) in [6.07, 6.45) is 0. The predicted molar refractivity (Wildman–Crippen MR) is 84.5 cm³/mol. The molecule has 5 N–H and O–H groups in total. The van der Waals surface area contributed by atoms with Gasteiger partial charge in [-0.05, 0) is 42.0 Å². The number of nitrogens with two attached hydrogens (primary N) is 2. The molecule has 1 amide bonds. The fourth-order valence-corrected chi connectivity index (χ4v) is 2.06. The fraction of sp³-hybridized carbons (Fsp3) is 0.125. The summed E-state index contributed by atoms with van der Waals surface area (Å²) >= 11 is 0. The topological polar surface area (TPSA) is 110 Å². The van der Waals surface area contributed by atoms with Gasteiger partial charge < -0.3 is 16.6 Å². The highest BCUT2D eigenvalue weighted by molar-refractivity contribution is 6.08. The quantitative estimate of drug-likeness (QED) is 0.724. The van der Waals surface area contributed by atoms with Gasteiger partial charge in [-0.15, -0.1) is 0 Å². The van der Waals surface area contributed by atoms with Crippen molar-refractivity contribution in [2.24, 2.45) is 5.73 Å². The van der Waals surface area contributed by atoms with Crippen LogP contribution in [0.5, 0.6) is 0 Å². The molecule has 0 unspecified atom stereocenters. The minimum absolute atomic E-state index is 0.307. The standard InChI is InChI=1S/C16H17N3O3/c17-9-11-2-1-3-12(8-11)16(22)19(10-15(20)21)14-6-4-13(18)5-7-14/h1-8H,9-10,17-18H2,(H,20,21). The zero-order valence-electron chi connectivity index (χ0n) is 11.9. The highest BCUT2D eigenvalue weighted by Gasteiger charge is 2.20. The van der Waals surface area contributed by atoms with Gasteiger partial charge >= 0.3 is 5.97 Å². The van der Waals surface area contributed by atoms with Crippen molar-refractivity contribution in [1.82, 2.24) is 0 Å². The number of carbonyl (C=O) groups excluding carboxylic acids is 1. The van der Waals surface area contributed by atoms with Crippen LogP contribution in [0.15, 0.2) is 48.5 Å². The van der Waals surface area contributed by atoms with E-state index in [1.807, 2.05) is 6.07 Å². The number of carbonyl (C=O) groups is 2. The molecule has 0 aliphatic heterocycles. The van der Waals surface area contributed by atoms with Crippen LogP contribution in [-0.2, 0) is 11.3 Å². The van der Waals surface area contributed by atoms with Crippen LogP contribution in [0.25, 0.3) is 0 Å². The molecule has 0 aliphatic carbocycles. The monoisotopic (exact) mass is 299 g/mol. The molecule has 0 fully saturated rings. The van der Waals surface area contributed by atoms with Gasteiger partial charge in [0.15, 0.2) is 0 Å². The number of hydrogen-bond acceptors (Lipinski definition) is 4. The van der Waals surface area contributed by atoms with E-state index in [0.717, 1.165) is 5.56 Å². The lowest BCUT2D eigenvalue weighted by molar-refractivity contribution is -0.135. The number of nitrogen functional groups attached to an aromatic ring is 1. The van der Waals surface area contributed by atoms with E-state index in [2.05, 4.69) is 0 Å². The molecule has 0 atom stereocenters. The number of amides is 1. The number of benzene rings is 2. The molecule has 6 heteroatoms. The lowest BCUT2D eigenvalue weighted by Gasteiger charge is -2.21. The fourth-order valence-electron chi connectivity index (χ4n) is 2.06. The van der Waals surface area contributed by atoms with Gasteiger partial charge in [-0.1, -0.05) is 12.1 Å². The van der Waals surface area contributed by atoms with Gasteiger partial charge in [-0.3, -0.25) is 14.5 Å². The van der Waals surface area contributed by atoms with Crippen molar-refractivity contribution in [2.45, 2.75) is 6.54 Å².